The quantitative estimate of drug-likeness (QED) is 0.823. The van der Waals surface area contributed by atoms with Gasteiger partial charge in [-0.3, -0.25) is 4.79 Å². The average Bonchev–Trinajstić information content (AvgIpc) is 2.80. The second-order valence-corrected chi connectivity index (χ2v) is 4.82. The molecule has 17 heavy (non-hydrogen) atoms. The Morgan fingerprint density at radius 3 is 3.00 bits per heavy atom. The van der Waals surface area contributed by atoms with Crippen LogP contribution in [0.3, 0.4) is 0 Å². The summed E-state index contributed by atoms with van der Waals surface area (Å²) in [7, 11) is 0. The summed E-state index contributed by atoms with van der Waals surface area (Å²) in [5, 5.41) is 9.60. The van der Waals surface area contributed by atoms with Crippen LogP contribution in [0.5, 0.6) is 5.75 Å². The number of hydrogen-bond donors (Lipinski definition) is 1. The molecule has 0 aliphatic carbocycles. The van der Waals surface area contributed by atoms with Gasteiger partial charge in [-0.15, -0.1) is 11.6 Å². The number of rotatable bonds is 2. The number of likely N-dealkylation sites (tertiary alicyclic amines) is 1. The Balaban J connectivity index is 2.18. The Morgan fingerprint density at radius 1 is 1.59 bits per heavy atom. The minimum atomic E-state index is -0.00832. The highest BCUT2D eigenvalue weighted by Gasteiger charge is 2.27. The number of benzene rings is 1. The highest BCUT2D eigenvalue weighted by atomic mass is 35.5. The van der Waals surface area contributed by atoms with E-state index in [1.807, 2.05) is 4.90 Å². The second kappa shape index (κ2) is 4.96. The van der Waals surface area contributed by atoms with E-state index in [0.29, 0.717) is 22.9 Å². The van der Waals surface area contributed by atoms with Crippen molar-refractivity contribution >= 4 is 17.5 Å². The maximum Gasteiger partial charge on any atom is 0.254 e. The fourth-order valence-electron chi connectivity index (χ4n) is 2.17. The van der Waals surface area contributed by atoms with E-state index in [1.54, 1.807) is 25.1 Å². The standard InChI is InChI=1S/C13H16ClNO2/c1-9-11(3-2-4-12(9)16)13(17)15-6-5-10(7-14)8-15/h2-4,10,16H,5-8H2,1H3. The molecule has 1 aliphatic rings. The minimum Gasteiger partial charge on any atom is -0.508 e. The molecule has 92 valence electrons. The van der Waals surface area contributed by atoms with Gasteiger partial charge >= 0.3 is 0 Å². The first-order valence-corrected chi connectivity index (χ1v) is 6.30. The van der Waals surface area contributed by atoms with Gasteiger partial charge in [0.2, 0.25) is 0 Å². The molecular formula is C13H16ClNO2. The predicted molar refractivity (Wildman–Crippen MR) is 67.6 cm³/mol. The predicted octanol–water partition coefficient (Wildman–Crippen LogP) is 2.40. The third kappa shape index (κ3) is 2.39. The van der Waals surface area contributed by atoms with Crippen LogP contribution in [-0.4, -0.2) is 34.9 Å². The normalized spacial score (nSPS) is 19.6. The molecule has 0 saturated carbocycles. The number of carbonyl (C=O) groups excluding carboxylic acids is 1. The van der Waals surface area contributed by atoms with Crippen molar-refractivity contribution in [3.05, 3.63) is 29.3 Å². The molecule has 1 heterocycles. The molecule has 1 amide bonds. The molecule has 1 fully saturated rings. The Morgan fingerprint density at radius 2 is 2.35 bits per heavy atom. The van der Waals surface area contributed by atoms with Gasteiger partial charge in [0.25, 0.3) is 5.91 Å². The fraction of sp³-hybridized carbons (Fsp3) is 0.462. The summed E-state index contributed by atoms with van der Waals surface area (Å²) in [5.74, 6) is 1.16. The Hall–Kier alpha value is -1.22. The number of halogens is 1. The molecule has 1 unspecified atom stereocenters. The zero-order valence-electron chi connectivity index (χ0n) is 9.82. The number of phenolic OH excluding ortho intramolecular Hbond substituents is 1. The first kappa shape index (κ1) is 12.2. The Bertz CT molecular complexity index is 433. The molecule has 0 radical (unpaired) electrons. The van der Waals surface area contributed by atoms with Gasteiger partial charge in [-0.25, -0.2) is 0 Å². The van der Waals surface area contributed by atoms with Crippen molar-refractivity contribution in [3.8, 4) is 5.75 Å². The van der Waals surface area contributed by atoms with Crippen molar-refractivity contribution in [2.24, 2.45) is 5.92 Å². The summed E-state index contributed by atoms with van der Waals surface area (Å²) in [6, 6.07) is 5.05. The molecule has 3 nitrogen and oxygen atoms in total. The largest absolute Gasteiger partial charge is 0.508 e. The maximum absolute atomic E-state index is 12.3. The molecule has 0 aromatic heterocycles. The van der Waals surface area contributed by atoms with Crippen LogP contribution in [0.1, 0.15) is 22.3 Å². The molecule has 0 bridgehead atoms. The summed E-state index contributed by atoms with van der Waals surface area (Å²) in [6.45, 7) is 3.24. The first-order chi connectivity index (χ1) is 8.13. The lowest BCUT2D eigenvalue weighted by atomic mass is 10.1. The highest BCUT2D eigenvalue weighted by molar-refractivity contribution is 6.18. The summed E-state index contributed by atoms with van der Waals surface area (Å²) < 4.78 is 0. The molecule has 1 N–H and O–H groups in total. The van der Waals surface area contributed by atoms with Gasteiger partial charge in [-0.1, -0.05) is 6.07 Å². The van der Waals surface area contributed by atoms with Crippen molar-refractivity contribution in [3.63, 3.8) is 0 Å². The van der Waals surface area contributed by atoms with Gasteiger partial charge < -0.3 is 10.0 Å². The van der Waals surface area contributed by atoms with Crippen LogP contribution in [-0.2, 0) is 0 Å². The van der Waals surface area contributed by atoms with Crippen LogP contribution in [0.2, 0.25) is 0 Å². The lowest BCUT2D eigenvalue weighted by molar-refractivity contribution is 0.0787. The Labute approximate surface area is 106 Å². The van der Waals surface area contributed by atoms with Crippen molar-refractivity contribution < 1.29 is 9.90 Å². The molecule has 1 saturated heterocycles. The zero-order valence-corrected chi connectivity index (χ0v) is 10.6. The van der Waals surface area contributed by atoms with E-state index in [4.69, 9.17) is 11.6 Å². The third-order valence-corrected chi connectivity index (χ3v) is 3.76. The van der Waals surface area contributed by atoms with E-state index in [0.717, 1.165) is 19.5 Å². The zero-order chi connectivity index (χ0) is 12.4. The van der Waals surface area contributed by atoms with Gasteiger partial charge in [-0.05, 0) is 31.4 Å². The monoisotopic (exact) mass is 253 g/mol. The topological polar surface area (TPSA) is 40.5 Å². The van der Waals surface area contributed by atoms with E-state index >= 15 is 0 Å². The lowest BCUT2D eigenvalue weighted by Gasteiger charge is -2.17. The number of alkyl halides is 1. The van der Waals surface area contributed by atoms with Gasteiger partial charge in [-0.2, -0.15) is 0 Å². The molecule has 1 atom stereocenters. The number of hydrogen-bond acceptors (Lipinski definition) is 2. The van der Waals surface area contributed by atoms with Gasteiger partial charge in [0, 0.05) is 30.1 Å². The molecule has 4 heteroatoms. The van der Waals surface area contributed by atoms with Gasteiger partial charge in [0.05, 0.1) is 0 Å². The summed E-state index contributed by atoms with van der Waals surface area (Å²) in [5.41, 5.74) is 1.23. The smallest absolute Gasteiger partial charge is 0.254 e. The highest BCUT2D eigenvalue weighted by Crippen LogP contribution is 2.24. The molecule has 0 spiro atoms. The van der Waals surface area contributed by atoms with Crippen LogP contribution < -0.4 is 0 Å². The molecule has 1 aromatic carbocycles. The van der Waals surface area contributed by atoms with Crippen LogP contribution in [0.15, 0.2) is 18.2 Å². The van der Waals surface area contributed by atoms with E-state index in [1.165, 1.54) is 0 Å². The van der Waals surface area contributed by atoms with E-state index in [9.17, 15) is 9.90 Å². The summed E-state index contributed by atoms with van der Waals surface area (Å²) in [6.07, 6.45) is 0.965. The van der Waals surface area contributed by atoms with E-state index in [2.05, 4.69) is 0 Å². The van der Waals surface area contributed by atoms with Crippen LogP contribution >= 0.6 is 11.6 Å². The van der Waals surface area contributed by atoms with Gasteiger partial charge in [0.15, 0.2) is 0 Å². The van der Waals surface area contributed by atoms with Crippen LogP contribution in [0, 0.1) is 12.8 Å². The minimum absolute atomic E-state index is 0.00832. The third-order valence-electron chi connectivity index (χ3n) is 3.33. The fourth-order valence-corrected chi connectivity index (χ4v) is 2.42. The first-order valence-electron chi connectivity index (χ1n) is 5.77. The summed E-state index contributed by atoms with van der Waals surface area (Å²) in [4.78, 5) is 14.1. The van der Waals surface area contributed by atoms with Crippen molar-refractivity contribution in [1.82, 2.24) is 4.90 Å². The van der Waals surface area contributed by atoms with Crippen molar-refractivity contribution in [1.29, 1.82) is 0 Å². The number of nitrogens with zero attached hydrogens (tertiary/aromatic N) is 1. The van der Waals surface area contributed by atoms with E-state index < -0.39 is 0 Å². The van der Waals surface area contributed by atoms with Crippen molar-refractivity contribution in [2.75, 3.05) is 19.0 Å². The van der Waals surface area contributed by atoms with Crippen molar-refractivity contribution in [2.45, 2.75) is 13.3 Å². The lowest BCUT2D eigenvalue weighted by Crippen LogP contribution is -2.29. The van der Waals surface area contributed by atoms with E-state index in [-0.39, 0.29) is 11.7 Å². The SMILES string of the molecule is Cc1c(O)cccc1C(=O)N1CCC(CCl)C1. The molecule has 1 aliphatic heterocycles. The number of amides is 1. The van der Waals surface area contributed by atoms with Gasteiger partial charge in [0.1, 0.15) is 5.75 Å². The Kier molecular flexibility index (Phi) is 3.57. The molecular weight excluding hydrogens is 238 g/mol. The van der Waals surface area contributed by atoms with Crippen LogP contribution in [0.25, 0.3) is 0 Å². The molecule has 1 aromatic rings. The number of aromatic hydroxyl groups is 1. The average molecular weight is 254 g/mol. The van der Waals surface area contributed by atoms with Crippen LogP contribution in [0.4, 0.5) is 0 Å². The maximum atomic E-state index is 12.3. The second-order valence-electron chi connectivity index (χ2n) is 4.51. The number of phenols is 1. The summed E-state index contributed by atoms with van der Waals surface area (Å²) >= 11 is 5.80. The number of carbonyl (C=O) groups is 1. The molecule has 2 rings (SSSR count).